The summed E-state index contributed by atoms with van der Waals surface area (Å²) in [5.74, 6) is -0.170. The van der Waals surface area contributed by atoms with Crippen LogP contribution in [0.2, 0.25) is 0 Å². The van der Waals surface area contributed by atoms with Crippen molar-refractivity contribution in [2.75, 3.05) is 0 Å². The number of nitriles is 1. The first-order chi connectivity index (χ1) is 9.99. The van der Waals surface area contributed by atoms with Crippen LogP contribution < -0.4 is 4.74 Å². The molecule has 0 aliphatic rings. The number of aryl methyl sites for hydroxylation is 1. The zero-order valence-electron chi connectivity index (χ0n) is 11.8. The molecule has 2 aromatic carbocycles. The quantitative estimate of drug-likeness (QED) is 0.621. The molecule has 0 aliphatic carbocycles. The van der Waals surface area contributed by atoms with Gasteiger partial charge in [0.25, 0.3) is 0 Å². The van der Waals surface area contributed by atoms with E-state index in [-0.39, 0.29) is 5.75 Å². The van der Waals surface area contributed by atoms with Crippen molar-refractivity contribution in [2.24, 2.45) is 0 Å². The standard InChI is InChI=1S/C17H14BrNO2/c1-11-3-5-13(6-4-11)7-14-8-15(10-19)17(16(18)9-14)21-12(2)20/h3-6,8-9H,7H2,1-2H3. The van der Waals surface area contributed by atoms with Gasteiger partial charge in [-0.1, -0.05) is 29.8 Å². The second-order valence-corrected chi connectivity index (χ2v) is 5.68. The molecule has 106 valence electrons. The lowest BCUT2D eigenvalue weighted by Gasteiger charge is -2.10. The monoisotopic (exact) mass is 343 g/mol. The maximum atomic E-state index is 11.1. The van der Waals surface area contributed by atoms with E-state index in [1.54, 1.807) is 6.07 Å². The lowest BCUT2D eigenvalue weighted by atomic mass is 10.0. The zero-order chi connectivity index (χ0) is 15.4. The summed E-state index contributed by atoms with van der Waals surface area (Å²) in [6.07, 6.45) is 0.716. The van der Waals surface area contributed by atoms with E-state index in [0.717, 1.165) is 11.1 Å². The number of hydrogen-bond donors (Lipinski definition) is 0. The van der Waals surface area contributed by atoms with Gasteiger partial charge in [-0.05, 0) is 52.5 Å². The van der Waals surface area contributed by atoms with Gasteiger partial charge in [-0.15, -0.1) is 0 Å². The van der Waals surface area contributed by atoms with E-state index in [0.29, 0.717) is 16.5 Å². The SMILES string of the molecule is CC(=O)Oc1c(Br)cc(Cc2ccc(C)cc2)cc1C#N. The van der Waals surface area contributed by atoms with Gasteiger partial charge < -0.3 is 4.74 Å². The Labute approximate surface area is 132 Å². The Hall–Kier alpha value is -2.12. The van der Waals surface area contributed by atoms with Crippen LogP contribution in [0.5, 0.6) is 5.75 Å². The number of benzene rings is 2. The van der Waals surface area contributed by atoms with Gasteiger partial charge >= 0.3 is 5.97 Å². The van der Waals surface area contributed by atoms with Crippen LogP contribution in [-0.4, -0.2) is 5.97 Å². The van der Waals surface area contributed by atoms with Crippen molar-refractivity contribution in [2.45, 2.75) is 20.3 Å². The molecule has 0 spiro atoms. The lowest BCUT2D eigenvalue weighted by Crippen LogP contribution is -2.04. The van der Waals surface area contributed by atoms with Crippen LogP contribution in [-0.2, 0) is 11.2 Å². The third-order valence-electron chi connectivity index (χ3n) is 3.00. The molecule has 0 aliphatic heterocycles. The number of nitrogens with zero attached hydrogens (tertiary/aromatic N) is 1. The lowest BCUT2D eigenvalue weighted by molar-refractivity contribution is -0.131. The van der Waals surface area contributed by atoms with Crippen LogP contribution in [0.25, 0.3) is 0 Å². The van der Waals surface area contributed by atoms with Gasteiger partial charge in [-0.2, -0.15) is 5.26 Å². The Morgan fingerprint density at radius 3 is 2.48 bits per heavy atom. The first-order valence-corrected chi connectivity index (χ1v) is 7.25. The molecular formula is C17H14BrNO2. The second-order valence-electron chi connectivity index (χ2n) is 4.82. The molecule has 0 heterocycles. The van der Waals surface area contributed by atoms with E-state index < -0.39 is 5.97 Å². The minimum atomic E-state index is -0.446. The van der Waals surface area contributed by atoms with Crippen LogP contribution in [0.1, 0.15) is 29.2 Å². The van der Waals surface area contributed by atoms with Crippen molar-refractivity contribution >= 4 is 21.9 Å². The van der Waals surface area contributed by atoms with Gasteiger partial charge in [-0.25, -0.2) is 0 Å². The van der Waals surface area contributed by atoms with Crippen molar-refractivity contribution in [3.05, 3.63) is 63.1 Å². The third kappa shape index (κ3) is 3.93. The molecule has 0 bridgehead atoms. The normalized spacial score (nSPS) is 10.0. The number of carbonyl (C=O) groups excluding carboxylic acids is 1. The molecule has 0 atom stereocenters. The fraction of sp³-hybridized carbons (Fsp3) is 0.176. The minimum absolute atomic E-state index is 0.276. The summed E-state index contributed by atoms with van der Waals surface area (Å²) in [6.45, 7) is 3.36. The average Bonchev–Trinajstić information content (AvgIpc) is 2.43. The molecule has 0 amide bonds. The molecule has 0 aromatic heterocycles. The van der Waals surface area contributed by atoms with Crippen molar-refractivity contribution in [1.29, 1.82) is 5.26 Å². The van der Waals surface area contributed by atoms with Crippen LogP contribution in [0.15, 0.2) is 40.9 Å². The highest BCUT2D eigenvalue weighted by molar-refractivity contribution is 9.10. The van der Waals surface area contributed by atoms with Crippen LogP contribution in [0, 0.1) is 18.3 Å². The minimum Gasteiger partial charge on any atom is -0.424 e. The smallest absolute Gasteiger partial charge is 0.308 e. The maximum Gasteiger partial charge on any atom is 0.308 e. The van der Waals surface area contributed by atoms with Gasteiger partial charge in [0.15, 0.2) is 5.75 Å². The van der Waals surface area contributed by atoms with Crippen LogP contribution >= 0.6 is 15.9 Å². The Bertz CT molecular complexity index is 715. The van der Waals surface area contributed by atoms with Crippen molar-refractivity contribution in [3.8, 4) is 11.8 Å². The summed E-state index contributed by atoms with van der Waals surface area (Å²) in [5.41, 5.74) is 3.71. The summed E-state index contributed by atoms with van der Waals surface area (Å²) in [6, 6.07) is 13.9. The van der Waals surface area contributed by atoms with E-state index >= 15 is 0 Å². The van der Waals surface area contributed by atoms with E-state index in [1.807, 2.05) is 13.0 Å². The molecule has 2 aromatic rings. The van der Waals surface area contributed by atoms with Gasteiger partial charge in [0.05, 0.1) is 10.0 Å². The molecule has 0 saturated carbocycles. The highest BCUT2D eigenvalue weighted by Gasteiger charge is 2.13. The highest BCUT2D eigenvalue weighted by atomic mass is 79.9. The van der Waals surface area contributed by atoms with Crippen molar-refractivity contribution < 1.29 is 9.53 Å². The van der Waals surface area contributed by atoms with E-state index in [9.17, 15) is 10.1 Å². The number of carbonyl (C=O) groups is 1. The zero-order valence-corrected chi connectivity index (χ0v) is 13.4. The van der Waals surface area contributed by atoms with Gasteiger partial charge in [-0.3, -0.25) is 4.79 Å². The van der Waals surface area contributed by atoms with Crippen LogP contribution in [0.3, 0.4) is 0 Å². The Balaban J connectivity index is 2.34. The molecule has 3 nitrogen and oxygen atoms in total. The largest absolute Gasteiger partial charge is 0.424 e. The number of hydrogen-bond acceptors (Lipinski definition) is 3. The number of ether oxygens (including phenoxy) is 1. The van der Waals surface area contributed by atoms with Crippen molar-refractivity contribution in [1.82, 2.24) is 0 Å². The molecular weight excluding hydrogens is 330 g/mol. The van der Waals surface area contributed by atoms with Gasteiger partial charge in [0.1, 0.15) is 6.07 Å². The summed E-state index contributed by atoms with van der Waals surface area (Å²) in [5, 5.41) is 9.22. The number of rotatable bonds is 3. The van der Waals surface area contributed by atoms with Gasteiger partial charge in [0.2, 0.25) is 0 Å². The third-order valence-corrected chi connectivity index (χ3v) is 3.59. The molecule has 4 heteroatoms. The number of halogens is 1. The summed E-state index contributed by atoms with van der Waals surface area (Å²) < 4.78 is 5.69. The molecule has 0 N–H and O–H groups in total. The fourth-order valence-electron chi connectivity index (χ4n) is 2.02. The molecule has 0 radical (unpaired) electrons. The van der Waals surface area contributed by atoms with E-state index in [2.05, 4.69) is 46.3 Å². The molecule has 21 heavy (non-hydrogen) atoms. The maximum absolute atomic E-state index is 11.1. The molecule has 0 fully saturated rings. The molecule has 2 rings (SSSR count). The van der Waals surface area contributed by atoms with Gasteiger partial charge in [0, 0.05) is 6.92 Å². The van der Waals surface area contributed by atoms with Crippen molar-refractivity contribution in [3.63, 3.8) is 0 Å². The highest BCUT2D eigenvalue weighted by Crippen LogP contribution is 2.31. The first kappa shape index (κ1) is 15.3. The first-order valence-electron chi connectivity index (χ1n) is 6.46. The molecule has 0 saturated heterocycles. The van der Waals surface area contributed by atoms with E-state index in [4.69, 9.17) is 4.74 Å². The predicted octanol–water partition coefficient (Wildman–Crippen LogP) is 4.15. The Morgan fingerprint density at radius 2 is 1.90 bits per heavy atom. The second kappa shape index (κ2) is 6.55. The number of esters is 1. The Kier molecular flexibility index (Phi) is 4.77. The summed E-state index contributed by atoms with van der Waals surface area (Å²) in [7, 11) is 0. The topological polar surface area (TPSA) is 50.1 Å². The predicted molar refractivity (Wildman–Crippen MR) is 84.2 cm³/mol. The Morgan fingerprint density at radius 1 is 1.24 bits per heavy atom. The summed E-state index contributed by atoms with van der Waals surface area (Å²) >= 11 is 3.36. The molecule has 0 unspecified atom stereocenters. The fourth-order valence-corrected chi connectivity index (χ4v) is 2.61. The summed E-state index contributed by atoms with van der Waals surface area (Å²) in [4.78, 5) is 11.1. The van der Waals surface area contributed by atoms with E-state index in [1.165, 1.54) is 12.5 Å². The average molecular weight is 344 g/mol. The van der Waals surface area contributed by atoms with Crippen LogP contribution in [0.4, 0.5) is 0 Å².